The topological polar surface area (TPSA) is 20.3 Å². The number of nitrogens with zero attached hydrogens (tertiary/aromatic N) is 1. The average molecular weight is 317 g/mol. The van der Waals surface area contributed by atoms with Gasteiger partial charge in [-0.15, -0.1) is 11.3 Å². The van der Waals surface area contributed by atoms with Crippen molar-refractivity contribution >= 4 is 17.2 Å². The zero-order valence-electron chi connectivity index (χ0n) is 12.9. The lowest BCUT2D eigenvalue weighted by molar-refractivity contribution is 0.0788. The van der Waals surface area contributed by atoms with Crippen LogP contribution >= 0.6 is 11.3 Å². The summed E-state index contributed by atoms with van der Waals surface area (Å²) in [5.74, 6) is 0.415. The Morgan fingerprint density at radius 3 is 2.95 bits per heavy atom. The first-order valence-corrected chi connectivity index (χ1v) is 8.46. The van der Waals surface area contributed by atoms with Gasteiger partial charge in [-0.3, -0.25) is 4.79 Å². The first-order chi connectivity index (χ1) is 10.5. The van der Waals surface area contributed by atoms with Crippen molar-refractivity contribution in [1.29, 1.82) is 0 Å². The van der Waals surface area contributed by atoms with E-state index in [9.17, 15) is 9.18 Å². The maximum atomic E-state index is 13.7. The van der Waals surface area contributed by atoms with Crippen LogP contribution in [0.25, 0.3) is 0 Å². The molecule has 0 saturated heterocycles. The molecule has 0 N–H and O–H groups in total. The van der Waals surface area contributed by atoms with Crippen molar-refractivity contribution in [3.8, 4) is 0 Å². The van der Waals surface area contributed by atoms with E-state index in [0.29, 0.717) is 18.0 Å². The van der Waals surface area contributed by atoms with Gasteiger partial charge >= 0.3 is 0 Å². The molecule has 0 bridgehead atoms. The van der Waals surface area contributed by atoms with Crippen molar-refractivity contribution in [3.05, 3.63) is 57.0 Å². The first kappa shape index (κ1) is 15.2. The number of hydrogen-bond acceptors (Lipinski definition) is 2. The normalized spacial score (nSPS) is 17.1. The average Bonchev–Trinajstić information content (AvgIpc) is 2.91. The summed E-state index contributed by atoms with van der Waals surface area (Å²) >= 11 is 1.60. The zero-order valence-corrected chi connectivity index (χ0v) is 13.8. The molecule has 1 atom stereocenters. The lowest BCUT2D eigenvalue weighted by atomic mass is 9.90. The van der Waals surface area contributed by atoms with Crippen LogP contribution in [0.5, 0.6) is 0 Å². The van der Waals surface area contributed by atoms with Gasteiger partial charge in [-0.1, -0.05) is 25.1 Å². The molecule has 3 rings (SSSR count). The molecule has 2 aromatic rings. The highest BCUT2D eigenvalue weighted by Gasteiger charge is 2.22. The van der Waals surface area contributed by atoms with Crippen LogP contribution in [-0.2, 0) is 19.4 Å². The summed E-state index contributed by atoms with van der Waals surface area (Å²) in [5, 5.41) is 0. The van der Waals surface area contributed by atoms with Crippen molar-refractivity contribution in [1.82, 2.24) is 4.90 Å². The minimum Gasteiger partial charge on any atom is -0.337 e. The van der Waals surface area contributed by atoms with Crippen LogP contribution in [0, 0.1) is 11.7 Å². The molecular weight excluding hydrogens is 297 g/mol. The van der Waals surface area contributed by atoms with Crippen molar-refractivity contribution in [3.63, 3.8) is 0 Å². The van der Waals surface area contributed by atoms with E-state index >= 15 is 0 Å². The Morgan fingerprint density at radius 2 is 2.18 bits per heavy atom. The molecule has 2 nitrogen and oxygen atoms in total. The Balaban J connectivity index is 1.75. The highest BCUT2D eigenvalue weighted by molar-refractivity contribution is 7.14. The van der Waals surface area contributed by atoms with E-state index in [4.69, 9.17) is 0 Å². The fourth-order valence-corrected chi connectivity index (χ4v) is 4.16. The minimum absolute atomic E-state index is 0.0182. The Labute approximate surface area is 134 Å². The molecule has 0 fully saturated rings. The van der Waals surface area contributed by atoms with Gasteiger partial charge in [-0.2, -0.15) is 0 Å². The molecule has 1 aromatic carbocycles. The summed E-state index contributed by atoms with van der Waals surface area (Å²) in [6.07, 6.45) is 3.34. The summed E-state index contributed by atoms with van der Waals surface area (Å²) in [7, 11) is 1.73. The third kappa shape index (κ3) is 3.07. The highest BCUT2D eigenvalue weighted by atomic mass is 32.1. The number of carbonyl (C=O) groups is 1. The monoisotopic (exact) mass is 317 g/mol. The molecule has 1 aromatic heterocycles. The first-order valence-electron chi connectivity index (χ1n) is 7.65. The second kappa shape index (κ2) is 6.21. The van der Waals surface area contributed by atoms with Crippen LogP contribution in [-0.4, -0.2) is 17.9 Å². The van der Waals surface area contributed by atoms with E-state index in [1.54, 1.807) is 41.5 Å². The van der Waals surface area contributed by atoms with Crippen LogP contribution < -0.4 is 0 Å². The molecule has 1 unspecified atom stereocenters. The van der Waals surface area contributed by atoms with E-state index in [1.807, 2.05) is 6.07 Å². The number of halogens is 1. The number of benzene rings is 1. The molecule has 0 spiro atoms. The summed E-state index contributed by atoms with van der Waals surface area (Å²) < 4.78 is 13.7. The Hall–Kier alpha value is -1.68. The minimum atomic E-state index is -0.263. The maximum Gasteiger partial charge on any atom is 0.263 e. The number of hydrogen-bond donors (Lipinski definition) is 0. The van der Waals surface area contributed by atoms with Crippen LogP contribution in [0.2, 0.25) is 0 Å². The summed E-state index contributed by atoms with van der Waals surface area (Å²) in [5.41, 5.74) is 1.87. The molecule has 0 aliphatic heterocycles. The zero-order chi connectivity index (χ0) is 15.7. The van der Waals surface area contributed by atoms with Gasteiger partial charge in [0.2, 0.25) is 0 Å². The third-order valence-corrected chi connectivity index (χ3v) is 5.48. The Kier molecular flexibility index (Phi) is 4.30. The van der Waals surface area contributed by atoms with E-state index in [1.165, 1.54) is 22.9 Å². The number of thiophene rings is 1. The van der Waals surface area contributed by atoms with E-state index in [-0.39, 0.29) is 11.7 Å². The van der Waals surface area contributed by atoms with Gasteiger partial charge in [0.25, 0.3) is 5.91 Å². The molecular formula is C18H20FNOS. The predicted octanol–water partition coefficient (Wildman–Crippen LogP) is 4.28. The predicted molar refractivity (Wildman–Crippen MR) is 87.7 cm³/mol. The number of aryl methyl sites for hydroxylation is 1. The van der Waals surface area contributed by atoms with Crippen LogP contribution in [0.4, 0.5) is 4.39 Å². The van der Waals surface area contributed by atoms with Gasteiger partial charge < -0.3 is 4.90 Å². The smallest absolute Gasteiger partial charge is 0.263 e. The summed E-state index contributed by atoms with van der Waals surface area (Å²) in [4.78, 5) is 16.3. The van der Waals surface area contributed by atoms with E-state index in [2.05, 4.69) is 6.92 Å². The van der Waals surface area contributed by atoms with Crippen molar-refractivity contribution < 1.29 is 9.18 Å². The molecule has 22 heavy (non-hydrogen) atoms. The molecule has 1 aliphatic rings. The number of fused-ring (bicyclic) bond motifs is 1. The van der Waals surface area contributed by atoms with Gasteiger partial charge in [0, 0.05) is 24.0 Å². The van der Waals surface area contributed by atoms with Crippen molar-refractivity contribution in [2.24, 2.45) is 5.92 Å². The standard InChI is InChI=1S/C18H20FNOS/c1-12-7-8-16-14(9-12)10-17(22-16)18(21)20(2)11-13-5-3-4-6-15(13)19/h3-6,10,12H,7-9,11H2,1-2H3. The third-order valence-electron chi connectivity index (χ3n) is 4.25. The number of carbonyl (C=O) groups excluding carboxylic acids is 1. The largest absolute Gasteiger partial charge is 0.337 e. The lowest BCUT2D eigenvalue weighted by Crippen LogP contribution is -2.25. The summed E-state index contributed by atoms with van der Waals surface area (Å²) in [6, 6.07) is 8.64. The van der Waals surface area contributed by atoms with Crippen molar-refractivity contribution in [2.45, 2.75) is 32.7 Å². The molecule has 1 aliphatic carbocycles. The number of amides is 1. The fraction of sp³-hybridized carbons (Fsp3) is 0.389. The highest BCUT2D eigenvalue weighted by Crippen LogP contribution is 2.32. The fourth-order valence-electron chi connectivity index (χ4n) is 2.95. The Morgan fingerprint density at radius 1 is 1.41 bits per heavy atom. The van der Waals surface area contributed by atoms with Gasteiger partial charge in [-0.05, 0) is 42.9 Å². The summed E-state index contributed by atoms with van der Waals surface area (Å²) in [6.45, 7) is 2.55. The molecule has 116 valence electrons. The molecule has 1 heterocycles. The van der Waals surface area contributed by atoms with Gasteiger partial charge in [0.1, 0.15) is 5.82 Å². The van der Waals surface area contributed by atoms with Crippen LogP contribution in [0.3, 0.4) is 0 Å². The second-order valence-electron chi connectivity index (χ2n) is 6.16. The SMILES string of the molecule is CC1CCc2sc(C(=O)N(C)Cc3ccccc3F)cc2C1. The molecule has 0 saturated carbocycles. The molecule has 4 heteroatoms. The van der Waals surface area contributed by atoms with E-state index in [0.717, 1.165) is 17.7 Å². The lowest BCUT2D eigenvalue weighted by Gasteiger charge is -2.16. The van der Waals surface area contributed by atoms with Crippen LogP contribution in [0.1, 0.15) is 39.0 Å². The number of rotatable bonds is 3. The van der Waals surface area contributed by atoms with Gasteiger partial charge in [-0.25, -0.2) is 4.39 Å². The quantitative estimate of drug-likeness (QED) is 0.827. The maximum absolute atomic E-state index is 13.7. The molecule has 1 amide bonds. The van der Waals surface area contributed by atoms with Gasteiger partial charge in [0.15, 0.2) is 0 Å². The Bertz CT molecular complexity index is 694. The van der Waals surface area contributed by atoms with Crippen molar-refractivity contribution in [2.75, 3.05) is 7.05 Å². The van der Waals surface area contributed by atoms with Gasteiger partial charge in [0.05, 0.1) is 4.88 Å². The molecule has 0 radical (unpaired) electrons. The van der Waals surface area contributed by atoms with Crippen LogP contribution in [0.15, 0.2) is 30.3 Å². The second-order valence-corrected chi connectivity index (χ2v) is 7.30. The van der Waals surface area contributed by atoms with E-state index < -0.39 is 0 Å².